The summed E-state index contributed by atoms with van der Waals surface area (Å²) in [5.41, 5.74) is 0. The molecule has 0 radical (unpaired) electrons. The number of hydrogen-bond donors (Lipinski definition) is 0. The molecule has 130 valence electrons. The van der Waals surface area contributed by atoms with Crippen molar-refractivity contribution in [3.63, 3.8) is 0 Å². The van der Waals surface area contributed by atoms with Gasteiger partial charge in [0.05, 0.1) is 7.11 Å². The number of carbonyl (C=O) groups excluding carboxylic acids is 1. The normalized spacial score (nSPS) is 19.3. The average Bonchev–Trinajstić information content (AvgIpc) is 3.23. The van der Waals surface area contributed by atoms with Crippen LogP contribution >= 0.6 is 22.7 Å². The number of nitrogens with zero attached hydrogens (tertiary/aromatic N) is 3. The number of methoxy groups -OCH3 is 1. The smallest absolute Gasteiger partial charge is 0.349 e. The number of carbonyl (C=O) groups is 1. The lowest BCUT2D eigenvalue weighted by Gasteiger charge is -2.30. The van der Waals surface area contributed by atoms with Crippen LogP contribution in [0.2, 0.25) is 0 Å². The predicted molar refractivity (Wildman–Crippen MR) is 91.0 cm³/mol. The molecule has 2 aromatic rings. The van der Waals surface area contributed by atoms with Gasteiger partial charge in [-0.2, -0.15) is 4.31 Å². The highest BCUT2D eigenvalue weighted by atomic mass is 32.2. The van der Waals surface area contributed by atoms with E-state index >= 15 is 0 Å². The van der Waals surface area contributed by atoms with Crippen LogP contribution < -0.4 is 0 Å². The Balaban J connectivity index is 1.87. The zero-order valence-corrected chi connectivity index (χ0v) is 15.7. The lowest BCUT2D eigenvalue weighted by atomic mass is 10.0. The van der Waals surface area contributed by atoms with Crippen LogP contribution in [0, 0.1) is 6.92 Å². The topological polar surface area (TPSA) is 89.5 Å². The maximum Gasteiger partial charge on any atom is 0.349 e. The summed E-state index contributed by atoms with van der Waals surface area (Å²) in [6.07, 6.45) is 1.63. The van der Waals surface area contributed by atoms with Crippen LogP contribution in [0.1, 0.15) is 38.4 Å². The third kappa shape index (κ3) is 3.23. The standard InChI is InChI=1S/C14H17N3O4S3/c1-9-15-16-13(23-9)10-4-3-6-17(8-10)24(19,20)11-5-7-22-12(11)14(18)21-2/h5,7,10H,3-4,6,8H2,1-2H3/t10-/m1/s1. The molecule has 1 saturated heterocycles. The summed E-state index contributed by atoms with van der Waals surface area (Å²) >= 11 is 2.57. The number of thiophene rings is 1. The summed E-state index contributed by atoms with van der Waals surface area (Å²) < 4.78 is 32.0. The summed E-state index contributed by atoms with van der Waals surface area (Å²) in [4.78, 5) is 11.9. The van der Waals surface area contributed by atoms with E-state index in [4.69, 9.17) is 0 Å². The van der Waals surface area contributed by atoms with Crippen molar-refractivity contribution >= 4 is 38.7 Å². The van der Waals surface area contributed by atoms with Crippen molar-refractivity contribution in [1.82, 2.24) is 14.5 Å². The Morgan fingerprint density at radius 2 is 2.21 bits per heavy atom. The molecular formula is C14H17N3O4S3. The highest BCUT2D eigenvalue weighted by Crippen LogP contribution is 2.33. The average molecular weight is 388 g/mol. The molecule has 2 aromatic heterocycles. The minimum atomic E-state index is -3.74. The van der Waals surface area contributed by atoms with Crippen LogP contribution in [0.3, 0.4) is 0 Å². The maximum atomic E-state index is 13.0. The van der Waals surface area contributed by atoms with Gasteiger partial charge in [0, 0.05) is 19.0 Å². The lowest BCUT2D eigenvalue weighted by Crippen LogP contribution is -2.39. The summed E-state index contributed by atoms with van der Waals surface area (Å²) in [6, 6.07) is 1.46. The largest absolute Gasteiger partial charge is 0.465 e. The van der Waals surface area contributed by atoms with E-state index in [0.717, 1.165) is 34.2 Å². The van der Waals surface area contributed by atoms with Crippen molar-refractivity contribution in [3.05, 3.63) is 26.3 Å². The van der Waals surface area contributed by atoms with E-state index in [-0.39, 0.29) is 15.7 Å². The SMILES string of the molecule is COC(=O)c1sccc1S(=O)(=O)N1CCC[C@@H](c2nnc(C)s2)C1. The number of ether oxygens (including phenoxy) is 1. The minimum absolute atomic E-state index is 0.0217. The molecule has 3 heterocycles. The van der Waals surface area contributed by atoms with Crippen LogP contribution in [0.25, 0.3) is 0 Å². The second-order valence-corrected chi connectivity index (χ2v) is 9.50. The first-order chi connectivity index (χ1) is 11.4. The van der Waals surface area contributed by atoms with E-state index in [1.807, 2.05) is 6.92 Å². The van der Waals surface area contributed by atoms with Crippen molar-refractivity contribution in [1.29, 1.82) is 0 Å². The summed E-state index contributed by atoms with van der Waals surface area (Å²) in [5, 5.41) is 11.5. The van der Waals surface area contributed by atoms with Gasteiger partial charge in [0.1, 0.15) is 19.8 Å². The number of aromatic nitrogens is 2. The number of esters is 1. The van der Waals surface area contributed by atoms with E-state index in [1.165, 1.54) is 28.8 Å². The molecule has 1 atom stereocenters. The van der Waals surface area contributed by atoms with Crippen molar-refractivity contribution in [2.45, 2.75) is 30.6 Å². The molecule has 0 aromatic carbocycles. The fourth-order valence-corrected chi connectivity index (χ4v) is 6.38. The second-order valence-electron chi connectivity index (χ2n) is 5.47. The second kappa shape index (κ2) is 6.87. The molecule has 1 aliphatic heterocycles. The van der Waals surface area contributed by atoms with Crippen LogP contribution in [0.5, 0.6) is 0 Å². The molecule has 1 fully saturated rings. The zero-order valence-electron chi connectivity index (χ0n) is 13.3. The van der Waals surface area contributed by atoms with E-state index in [0.29, 0.717) is 13.1 Å². The minimum Gasteiger partial charge on any atom is -0.465 e. The van der Waals surface area contributed by atoms with Gasteiger partial charge in [-0.15, -0.1) is 32.9 Å². The van der Waals surface area contributed by atoms with Gasteiger partial charge in [0.15, 0.2) is 0 Å². The van der Waals surface area contributed by atoms with Crippen molar-refractivity contribution < 1.29 is 17.9 Å². The van der Waals surface area contributed by atoms with Gasteiger partial charge in [-0.25, -0.2) is 13.2 Å². The van der Waals surface area contributed by atoms with Crippen molar-refractivity contribution in [2.75, 3.05) is 20.2 Å². The summed E-state index contributed by atoms with van der Waals surface area (Å²) in [5.74, 6) is -0.586. The van der Waals surface area contributed by atoms with Gasteiger partial charge in [0.2, 0.25) is 10.0 Å². The highest BCUT2D eigenvalue weighted by Gasteiger charge is 2.35. The Bertz CT molecular complexity index is 843. The molecule has 7 nitrogen and oxygen atoms in total. The van der Waals surface area contributed by atoms with Gasteiger partial charge in [0.25, 0.3) is 0 Å². The Kier molecular flexibility index (Phi) is 5.00. The predicted octanol–water partition coefficient (Wildman–Crippen LogP) is 2.26. The highest BCUT2D eigenvalue weighted by molar-refractivity contribution is 7.89. The Morgan fingerprint density at radius 3 is 2.88 bits per heavy atom. The Hall–Kier alpha value is -1.36. The number of hydrogen-bond acceptors (Lipinski definition) is 8. The third-order valence-electron chi connectivity index (χ3n) is 3.89. The fourth-order valence-electron chi connectivity index (χ4n) is 2.72. The van der Waals surface area contributed by atoms with Gasteiger partial charge in [-0.1, -0.05) is 0 Å². The Labute approximate surface area is 148 Å². The first-order valence-corrected chi connectivity index (χ1v) is 10.5. The monoisotopic (exact) mass is 387 g/mol. The molecule has 24 heavy (non-hydrogen) atoms. The molecule has 0 saturated carbocycles. The molecule has 3 rings (SSSR count). The van der Waals surface area contributed by atoms with Crippen molar-refractivity contribution in [3.8, 4) is 0 Å². The molecule has 0 amide bonds. The van der Waals surface area contributed by atoms with E-state index in [2.05, 4.69) is 14.9 Å². The molecule has 0 unspecified atom stereocenters. The molecular weight excluding hydrogens is 370 g/mol. The summed E-state index contributed by atoms with van der Waals surface area (Å²) in [7, 11) is -2.50. The van der Waals surface area contributed by atoms with E-state index < -0.39 is 16.0 Å². The first-order valence-electron chi connectivity index (χ1n) is 7.39. The van der Waals surface area contributed by atoms with Crippen LogP contribution in [0.4, 0.5) is 0 Å². The number of piperidine rings is 1. The third-order valence-corrected chi connectivity index (χ3v) is 7.83. The number of sulfonamides is 1. The first kappa shape index (κ1) is 17.5. The van der Waals surface area contributed by atoms with Crippen LogP contribution in [-0.2, 0) is 14.8 Å². The summed E-state index contributed by atoms with van der Waals surface area (Å²) in [6.45, 7) is 2.67. The molecule has 0 N–H and O–H groups in total. The van der Waals surface area contributed by atoms with Gasteiger partial charge in [-0.3, -0.25) is 0 Å². The van der Waals surface area contributed by atoms with Gasteiger partial charge >= 0.3 is 5.97 Å². The van der Waals surface area contributed by atoms with E-state index in [1.54, 1.807) is 5.38 Å². The van der Waals surface area contributed by atoms with Crippen molar-refractivity contribution in [2.24, 2.45) is 0 Å². The maximum absolute atomic E-state index is 13.0. The molecule has 0 bridgehead atoms. The molecule has 0 aliphatic carbocycles. The molecule has 0 spiro atoms. The molecule has 10 heteroatoms. The van der Waals surface area contributed by atoms with Crippen LogP contribution in [-0.4, -0.2) is 49.1 Å². The van der Waals surface area contributed by atoms with Gasteiger partial charge in [-0.05, 0) is 31.2 Å². The van der Waals surface area contributed by atoms with Crippen LogP contribution in [0.15, 0.2) is 16.3 Å². The Morgan fingerprint density at radius 1 is 1.42 bits per heavy atom. The number of aryl methyl sites for hydroxylation is 1. The quantitative estimate of drug-likeness (QED) is 0.748. The fraction of sp³-hybridized carbons (Fsp3) is 0.500. The molecule has 1 aliphatic rings. The zero-order chi connectivity index (χ0) is 17.3. The number of rotatable bonds is 4. The lowest BCUT2D eigenvalue weighted by molar-refractivity contribution is 0.0602. The van der Waals surface area contributed by atoms with Gasteiger partial charge < -0.3 is 4.74 Å². The van der Waals surface area contributed by atoms with E-state index in [9.17, 15) is 13.2 Å².